The highest BCUT2D eigenvalue weighted by molar-refractivity contribution is 9.10. The van der Waals surface area contributed by atoms with Crippen LogP contribution in [0.15, 0.2) is 70.3 Å². The second kappa shape index (κ2) is 8.68. The normalized spacial score (nSPS) is 15.1. The third-order valence-corrected chi connectivity index (χ3v) is 6.96. The number of morpholine rings is 1. The van der Waals surface area contributed by atoms with Gasteiger partial charge in [-0.15, -0.1) is 0 Å². The zero-order valence-electron chi connectivity index (χ0n) is 15.9. The minimum atomic E-state index is -3.69. The van der Waals surface area contributed by atoms with Crippen LogP contribution >= 0.6 is 15.9 Å². The SMILES string of the molecule is O=C(Nc1ccccc1-n1cc(Br)cn1)c1cccc(S(=O)(=O)N2CCOCC2)c1. The molecule has 0 unspecified atom stereocenters. The van der Waals surface area contributed by atoms with Gasteiger partial charge in [0.05, 0.1) is 40.2 Å². The number of nitrogens with one attached hydrogen (secondary N) is 1. The van der Waals surface area contributed by atoms with Crippen LogP contribution in [-0.2, 0) is 14.8 Å². The maximum atomic E-state index is 12.9. The molecule has 0 saturated carbocycles. The molecule has 0 radical (unpaired) electrons. The lowest BCUT2D eigenvalue weighted by Crippen LogP contribution is -2.40. The van der Waals surface area contributed by atoms with E-state index in [9.17, 15) is 13.2 Å². The molecule has 4 rings (SSSR count). The van der Waals surface area contributed by atoms with E-state index in [0.717, 1.165) is 4.47 Å². The van der Waals surface area contributed by atoms with Gasteiger partial charge < -0.3 is 10.1 Å². The molecule has 3 aromatic rings. The zero-order valence-corrected chi connectivity index (χ0v) is 18.3. The first-order chi connectivity index (χ1) is 14.4. The zero-order chi connectivity index (χ0) is 21.1. The number of nitrogens with zero attached hydrogens (tertiary/aromatic N) is 3. The van der Waals surface area contributed by atoms with Crippen LogP contribution in [0.1, 0.15) is 10.4 Å². The Balaban J connectivity index is 1.59. The quantitative estimate of drug-likeness (QED) is 0.593. The van der Waals surface area contributed by atoms with Gasteiger partial charge in [0.15, 0.2) is 0 Å². The summed E-state index contributed by atoms with van der Waals surface area (Å²) in [4.78, 5) is 13.0. The van der Waals surface area contributed by atoms with Gasteiger partial charge in [0.2, 0.25) is 10.0 Å². The predicted octanol–water partition coefficient (Wildman–Crippen LogP) is 2.91. The molecule has 2 heterocycles. The highest BCUT2D eigenvalue weighted by atomic mass is 79.9. The van der Waals surface area contributed by atoms with E-state index >= 15 is 0 Å². The van der Waals surface area contributed by atoms with Gasteiger partial charge in [-0.3, -0.25) is 4.79 Å². The number of carbonyl (C=O) groups excluding carboxylic acids is 1. The third kappa shape index (κ3) is 4.31. The molecule has 1 aliphatic rings. The fraction of sp³-hybridized carbons (Fsp3) is 0.200. The maximum absolute atomic E-state index is 12.9. The van der Waals surface area contributed by atoms with Crippen LogP contribution in [0.4, 0.5) is 5.69 Å². The Morgan fingerprint density at radius 3 is 2.60 bits per heavy atom. The number of amides is 1. The number of carbonyl (C=O) groups is 1. The molecule has 1 saturated heterocycles. The summed E-state index contributed by atoms with van der Waals surface area (Å²) in [5.74, 6) is -0.410. The van der Waals surface area contributed by atoms with Crippen molar-refractivity contribution in [2.45, 2.75) is 4.90 Å². The van der Waals surface area contributed by atoms with Gasteiger partial charge in [0.25, 0.3) is 5.91 Å². The van der Waals surface area contributed by atoms with E-state index in [0.29, 0.717) is 37.7 Å². The Kier molecular flexibility index (Phi) is 6.00. The molecular formula is C20H19BrN4O4S. The topological polar surface area (TPSA) is 93.5 Å². The number of rotatable bonds is 5. The highest BCUT2D eigenvalue weighted by Crippen LogP contribution is 2.23. The fourth-order valence-electron chi connectivity index (χ4n) is 3.14. The van der Waals surface area contributed by atoms with Gasteiger partial charge >= 0.3 is 0 Å². The molecule has 1 aromatic heterocycles. The number of para-hydroxylation sites is 2. The first-order valence-electron chi connectivity index (χ1n) is 9.24. The Bertz CT molecular complexity index is 1170. The molecule has 1 fully saturated rings. The lowest BCUT2D eigenvalue weighted by Gasteiger charge is -2.26. The molecule has 0 bridgehead atoms. The van der Waals surface area contributed by atoms with Gasteiger partial charge in [-0.25, -0.2) is 13.1 Å². The van der Waals surface area contributed by atoms with E-state index in [1.54, 1.807) is 41.3 Å². The number of ether oxygens (including phenoxy) is 1. The second-order valence-electron chi connectivity index (χ2n) is 6.62. The summed E-state index contributed by atoms with van der Waals surface area (Å²) < 4.78 is 34.8. The Labute approximate surface area is 182 Å². The number of hydrogen-bond acceptors (Lipinski definition) is 5. The van der Waals surface area contributed by atoms with E-state index in [1.165, 1.54) is 16.4 Å². The number of halogens is 1. The minimum Gasteiger partial charge on any atom is -0.379 e. The molecule has 8 nitrogen and oxygen atoms in total. The Morgan fingerprint density at radius 1 is 1.10 bits per heavy atom. The van der Waals surface area contributed by atoms with E-state index < -0.39 is 15.9 Å². The smallest absolute Gasteiger partial charge is 0.255 e. The Hall–Kier alpha value is -2.53. The van der Waals surface area contributed by atoms with Crippen molar-refractivity contribution in [2.24, 2.45) is 0 Å². The van der Waals surface area contributed by atoms with Gasteiger partial charge in [-0.1, -0.05) is 18.2 Å². The third-order valence-electron chi connectivity index (χ3n) is 4.65. The molecule has 30 heavy (non-hydrogen) atoms. The van der Waals surface area contributed by atoms with Crippen LogP contribution in [0.25, 0.3) is 5.69 Å². The summed E-state index contributed by atoms with van der Waals surface area (Å²) in [6, 6.07) is 13.3. The van der Waals surface area contributed by atoms with Crippen molar-refractivity contribution in [1.29, 1.82) is 0 Å². The standard InChI is InChI=1S/C20H19BrN4O4S/c21-16-13-22-25(14-16)19-7-2-1-6-18(19)23-20(26)15-4-3-5-17(12-15)30(27,28)24-8-10-29-11-9-24/h1-7,12-14H,8-11H2,(H,23,26). The maximum Gasteiger partial charge on any atom is 0.255 e. The van der Waals surface area contributed by atoms with E-state index in [1.807, 2.05) is 12.1 Å². The van der Waals surface area contributed by atoms with Gasteiger partial charge in [0, 0.05) is 24.8 Å². The van der Waals surface area contributed by atoms with Crippen LogP contribution in [-0.4, -0.2) is 54.7 Å². The average molecular weight is 491 g/mol. The summed E-state index contributed by atoms with van der Waals surface area (Å²) in [5, 5.41) is 7.10. The molecule has 1 amide bonds. The summed E-state index contributed by atoms with van der Waals surface area (Å²) >= 11 is 3.36. The summed E-state index contributed by atoms with van der Waals surface area (Å²) in [7, 11) is -3.69. The fourth-order valence-corrected chi connectivity index (χ4v) is 4.88. The van der Waals surface area contributed by atoms with E-state index in [-0.39, 0.29) is 10.5 Å². The van der Waals surface area contributed by atoms with Crippen LogP contribution in [0.5, 0.6) is 0 Å². The van der Waals surface area contributed by atoms with Crippen LogP contribution in [0, 0.1) is 0 Å². The summed E-state index contributed by atoms with van der Waals surface area (Å²) in [6.07, 6.45) is 3.43. The van der Waals surface area contributed by atoms with Crippen LogP contribution in [0.2, 0.25) is 0 Å². The number of hydrogen-bond donors (Lipinski definition) is 1. The van der Waals surface area contributed by atoms with Gasteiger partial charge in [-0.2, -0.15) is 9.40 Å². The summed E-state index contributed by atoms with van der Waals surface area (Å²) in [5.41, 5.74) is 1.49. The van der Waals surface area contributed by atoms with Crippen molar-refractivity contribution in [3.05, 3.63) is 71.0 Å². The van der Waals surface area contributed by atoms with Crippen molar-refractivity contribution in [1.82, 2.24) is 14.1 Å². The van der Waals surface area contributed by atoms with Gasteiger partial charge in [-0.05, 0) is 46.3 Å². The molecule has 0 spiro atoms. The van der Waals surface area contributed by atoms with E-state index in [2.05, 4.69) is 26.3 Å². The van der Waals surface area contributed by atoms with E-state index in [4.69, 9.17) is 4.74 Å². The molecule has 10 heteroatoms. The van der Waals surface area contributed by atoms with Crippen molar-refractivity contribution in [3.63, 3.8) is 0 Å². The Morgan fingerprint density at radius 2 is 1.87 bits per heavy atom. The molecular weight excluding hydrogens is 472 g/mol. The van der Waals surface area contributed by atoms with Crippen molar-refractivity contribution >= 4 is 37.5 Å². The first-order valence-corrected chi connectivity index (χ1v) is 11.5. The number of aromatic nitrogens is 2. The second-order valence-corrected chi connectivity index (χ2v) is 9.47. The van der Waals surface area contributed by atoms with Crippen LogP contribution in [0.3, 0.4) is 0 Å². The average Bonchev–Trinajstić information content (AvgIpc) is 3.21. The predicted molar refractivity (Wildman–Crippen MR) is 115 cm³/mol. The lowest BCUT2D eigenvalue weighted by atomic mass is 10.2. The molecule has 1 N–H and O–H groups in total. The van der Waals surface area contributed by atoms with Crippen molar-refractivity contribution in [2.75, 3.05) is 31.6 Å². The summed E-state index contributed by atoms with van der Waals surface area (Å²) in [6.45, 7) is 1.32. The number of anilines is 1. The molecule has 1 aliphatic heterocycles. The van der Waals surface area contributed by atoms with Crippen molar-refractivity contribution in [3.8, 4) is 5.69 Å². The molecule has 2 aromatic carbocycles. The molecule has 0 atom stereocenters. The lowest BCUT2D eigenvalue weighted by molar-refractivity contribution is 0.0730. The number of sulfonamides is 1. The number of benzene rings is 2. The molecule has 0 aliphatic carbocycles. The van der Waals surface area contributed by atoms with Crippen molar-refractivity contribution < 1.29 is 17.9 Å². The highest BCUT2D eigenvalue weighted by Gasteiger charge is 2.27. The molecule has 156 valence electrons. The van der Waals surface area contributed by atoms with Gasteiger partial charge in [0.1, 0.15) is 0 Å². The first kappa shape index (κ1) is 20.7. The van der Waals surface area contributed by atoms with Crippen LogP contribution < -0.4 is 5.32 Å². The minimum absolute atomic E-state index is 0.0846. The monoisotopic (exact) mass is 490 g/mol. The largest absolute Gasteiger partial charge is 0.379 e.